The van der Waals surface area contributed by atoms with E-state index in [1.807, 2.05) is 0 Å². The first-order valence-electron chi connectivity index (χ1n) is 4.45. The number of nitrogens with zero attached hydrogens (tertiary/aromatic N) is 3. The Morgan fingerprint density at radius 2 is 2.40 bits per heavy atom. The molecule has 80 valence electrons. The van der Waals surface area contributed by atoms with E-state index in [1.165, 1.54) is 18.0 Å². The predicted octanol–water partition coefficient (Wildman–Crippen LogP) is 0.913. The number of ether oxygens (including phenoxy) is 1. The van der Waals surface area contributed by atoms with E-state index in [2.05, 4.69) is 9.84 Å². The van der Waals surface area contributed by atoms with Gasteiger partial charge in [0.2, 0.25) is 5.69 Å². The molecule has 1 aliphatic carbocycles. The van der Waals surface area contributed by atoms with Crippen molar-refractivity contribution in [2.24, 2.45) is 0 Å². The Hall–Kier alpha value is -1.92. The second-order valence-electron chi connectivity index (χ2n) is 3.32. The Balaban J connectivity index is 2.40. The van der Waals surface area contributed by atoms with Gasteiger partial charge in [0.1, 0.15) is 6.20 Å². The number of esters is 1. The molecule has 1 aliphatic rings. The quantitative estimate of drug-likeness (QED) is 0.421. The molecule has 0 bridgehead atoms. The fraction of sp³-hybridized carbons (Fsp3) is 0.500. The van der Waals surface area contributed by atoms with Gasteiger partial charge in [-0.25, -0.2) is 4.79 Å². The highest BCUT2D eigenvalue weighted by Crippen LogP contribution is 2.35. The van der Waals surface area contributed by atoms with Gasteiger partial charge in [-0.2, -0.15) is 5.10 Å². The second kappa shape index (κ2) is 3.34. The topological polar surface area (TPSA) is 87.3 Å². The van der Waals surface area contributed by atoms with Crippen molar-refractivity contribution in [3.8, 4) is 0 Å². The largest absolute Gasteiger partial charge is 0.464 e. The molecule has 0 saturated heterocycles. The maximum Gasteiger partial charge on any atom is 0.365 e. The summed E-state index contributed by atoms with van der Waals surface area (Å²) in [7, 11) is 1.17. The van der Waals surface area contributed by atoms with Crippen LogP contribution in [0.1, 0.15) is 29.4 Å². The van der Waals surface area contributed by atoms with Crippen LogP contribution in [0.25, 0.3) is 0 Å². The molecule has 1 aromatic rings. The molecule has 0 unspecified atom stereocenters. The Labute approximate surface area is 84.8 Å². The van der Waals surface area contributed by atoms with Gasteiger partial charge in [0.15, 0.2) is 0 Å². The van der Waals surface area contributed by atoms with Crippen LogP contribution in [0.2, 0.25) is 0 Å². The zero-order valence-corrected chi connectivity index (χ0v) is 8.04. The zero-order chi connectivity index (χ0) is 11.0. The zero-order valence-electron chi connectivity index (χ0n) is 8.04. The second-order valence-corrected chi connectivity index (χ2v) is 3.32. The number of aromatic nitrogens is 2. The normalized spacial score (nSPS) is 15.0. The van der Waals surface area contributed by atoms with Crippen LogP contribution in [0.3, 0.4) is 0 Å². The summed E-state index contributed by atoms with van der Waals surface area (Å²) in [5.74, 6) is -0.777. The first-order valence-corrected chi connectivity index (χ1v) is 4.45. The van der Waals surface area contributed by atoms with Crippen LogP contribution in [-0.2, 0) is 4.74 Å². The van der Waals surface area contributed by atoms with E-state index < -0.39 is 10.9 Å². The van der Waals surface area contributed by atoms with Crippen LogP contribution in [0, 0.1) is 10.1 Å². The van der Waals surface area contributed by atoms with E-state index in [0.717, 1.165) is 12.8 Å². The molecule has 7 nitrogen and oxygen atoms in total. The molecule has 1 saturated carbocycles. The Bertz CT molecular complexity index is 422. The molecule has 0 amide bonds. The molecule has 2 rings (SSSR count). The van der Waals surface area contributed by atoms with E-state index in [1.54, 1.807) is 0 Å². The molecule has 1 heterocycles. The van der Waals surface area contributed by atoms with Gasteiger partial charge in [0, 0.05) is 0 Å². The van der Waals surface area contributed by atoms with Crippen LogP contribution >= 0.6 is 0 Å². The third kappa shape index (κ3) is 1.67. The minimum atomic E-state index is -0.777. The van der Waals surface area contributed by atoms with Crippen LogP contribution in [-0.4, -0.2) is 27.8 Å². The lowest BCUT2D eigenvalue weighted by atomic mass is 10.4. The average Bonchev–Trinajstić information content (AvgIpc) is 2.96. The molecule has 0 spiro atoms. The molecule has 0 N–H and O–H groups in total. The van der Waals surface area contributed by atoms with E-state index in [4.69, 9.17) is 0 Å². The monoisotopic (exact) mass is 211 g/mol. The number of carbonyl (C=O) groups excluding carboxylic acids is 1. The first kappa shape index (κ1) is 9.63. The van der Waals surface area contributed by atoms with Crippen molar-refractivity contribution in [3.63, 3.8) is 0 Å². The van der Waals surface area contributed by atoms with Crippen molar-refractivity contribution in [3.05, 3.63) is 22.0 Å². The summed E-state index contributed by atoms with van der Waals surface area (Å²) >= 11 is 0. The Morgan fingerprint density at radius 1 is 1.73 bits per heavy atom. The van der Waals surface area contributed by atoms with E-state index in [0.29, 0.717) is 0 Å². The summed E-state index contributed by atoms with van der Waals surface area (Å²) in [6.07, 6.45) is 3.17. The molecule has 0 radical (unpaired) electrons. The van der Waals surface area contributed by atoms with Crippen molar-refractivity contribution in [2.45, 2.75) is 18.9 Å². The molecule has 15 heavy (non-hydrogen) atoms. The Morgan fingerprint density at radius 3 is 2.87 bits per heavy atom. The number of nitro groups is 1. The van der Waals surface area contributed by atoms with E-state index in [-0.39, 0.29) is 17.4 Å². The molecule has 1 fully saturated rings. The van der Waals surface area contributed by atoms with Gasteiger partial charge in [-0.1, -0.05) is 0 Å². The SMILES string of the molecule is COC(=O)c1nn(C2CC2)cc1[N+](=O)[O-]. The van der Waals surface area contributed by atoms with Gasteiger partial charge in [-0.15, -0.1) is 0 Å². The van der Waals surface area contributed by atoms with Gasteiger partial charge in [-0.3, -0.25) is 14.8 Å². The number of rotatable bonds is 3. The number of methoxy groups -OCH3 is 1. The van der Waals surface area contributed by atoms with Gasteiger partial charge in [0.25, 0.3) is 0 Å². The lowest BCUT2D eigenvalue weighted by molar-refractivity contribution is -0.385. The van der Waals surface area contributed by atoms with Crippen LogP contribution < -0.4 is 0 Å². The maximum absolute atomic E-state index is 11.2. The molecule has 0 atom stereocenters. The summed E-state index contributed by atoms with van der Waals surface area (Å²) in [5, 5.41) is 14.5. The van der Waals surface area contributed by atoms with Gasteiger partial charge in [-0.05, 0) is 12.8 Å². The van der Waals surface area contributed by atoms with Gasteiger partial charge < -0.3 is 4.74 Å². The fourth-order valence-corrected chi connectivity index (χ4v) is 1.28. The van der Waals surface area contributed by atoms with E-state index in [9.17, 15) is 14.9 Å². The molecule has 7 heteroatoms. The Kier molecular flexibility index (Phi) is 2.14. The van der Waals surface area contributed by atoms with Crippen molar-refractivity contribution in [1.82, 2.24) is 9.78 Å². The number of hydrogen-bond donors (Lipinski definition) is 0. The summed E-state index contributed by atoms with van der Waals surface area (Å²) in [4.78, 5) is 21.2. The van der Waals surface area contributed by atoms with Crippen molar-refractivity contribution in [1.29, 1.82) is 0 Å². The minimum absolute atomic E-state index is 0.196. The highest BCUT2D eigenvalue weighted by Gasteiger charge is 2.32. The maximum atomic E-state index is 11.2. The third-order valence-corrected chi connectivity index (χ3v) is 2.21. The van der Waals surface area contributed by atoms with Crippen LogP contribution in [0.4, 0.5) is 5.69 Å². The molecular weight excluding hydrogens is 202 g/mol. The highest BCUT2D eigenvalue weighted by molar-refractivity contribution is 5.91. The average molecular weight is 211 g/mol. The molecule has 1 aromatic heterocycles. The summed E-state index contributed by atoms with van der Waals surface area (Å²) in [6.45, 7) is 0. The lowest BCUT2D eigenvalue weighted by Gasteiger charge is -1.93. The first-order chi connectivity index (χ1) is 7.13. The van der Waals surface area contributed by atoms with Gasteiger partial charge >= 0.3 is 11.7 Å². The minimum Gasteiger partial charge on any atom is -0.464 e. The van der Waals surface area contributed by atoms with Gasteiger partial charge in [0.05, 0.1) is 18.1 Å². The number of carbonyl (C=O) groups is 1. The van der Waals surface area contributed by atoms with Crippen molar-refractivity contribution >= 4 is 11.7 Å². The summed E-state index contributed by atoms with van der Waals surface area (Å²) in [5.41, 5.74) is -0.525. The van der Waals surface area contributed by atoms with Crippen LogP contribution in [0.5, 0.6) is 0 Å². The predicted molar refractivity (Wildman–Crippen MR) is 48.5 cm³/mol. The van der Waals surface area contributed by atoms with Crippen molar-refractivity contribution < 1.29 is 14.5 Å². The summed E-state index contributed by atoms with van der Waals surface area (Å²) < 4.78 is 5.88. The highest BCUT2D eigenvalue weighted by atomic mass is 16.6. The lowest BCUT2D eigenvalue weighted by Crippen LogP contribution is -2.06. The fourth-order valence-electron chi connectivity index (χ4n) is 1.28. The standard InChI is InChI=1S/C8H9N3O4/c1-15-8(12)7-6(11(13)14)4-10(9-7)5-2-3-5/h4-5H,2-3H2,1H3. The molecule has 0 aromatic carbocycles. The number of hydrogen-bond acceptors (Lipinski definition) is 5. The van der Waals surface area contributed by atoms with Crippen molar-refractivity contribution in [2.75, 3.05) is 7.11 Å². The molecule has 0 aliphatic heterocycles. The van der Waals surface area contributed by atoms with E-state index >= 15 is 0 Å². The smallest absolute Gasteiger partial charge is 0.365 e. The third-order valence-electron chi connectivity index (χ3n) is 2.21. The summed E-state index contributed by atoms with van der Waals surface area (Å²) in [6, 6.07) is 0.196. The molecular formula is C8H9N3O4. The van der Waals surface area contributed by atoms with Crippen LogP contribution in [0.15, 0.2) is 6.20 Å².